The minimum Gasteiger partial charge on any atom is -0.296 e. The van der Waals surface area contributed by atoms with Crippen LogP contribution in [0, 0.1) is 17.2 Å². The summed E-state index contributed by atoms with van der Waals surface area (Å²) in [4.78, 5) is 17.6. The van der Waals surface area contributed by atoms with Crippen molar-refractivity contribution in [1.29, 1.82) is 5.41 Å². The van der Waals surface area contributed by atoms with E-state index in [0.29, 0.717) is 22.1 Å². The predicted molar refractivity (Wildman–Crippen MR) is 144 cm³/mol. The number of likely N-dealkylation sites (tertiary alicyclic amines) is 1. The molecule has 0 unspecified atom stereocenters. The summed E-state index contributed by atoms with van der Waals surface area (Å²) in [6.07, 6.45) is 12.2. The van der Waals surface area contributed by atoms with Crippen LogP contribution in [0.3, 0.4) is 0 Å². The molecule has 4 nitrogen and oxygen atoms in total. The normalized spacial score (nSPS) is 21.8. The number of hydrogen-bond donors (Lipinski definition) is 1. The zero-order valence-electron chi connectivity index (χ0n) is 21.5. The molecule has 1 heterocycles. The van der Waals surface area contributed by atoms with Crippen LogP contribution in [0.4, 0.5) is 8.78 Å². The van der Waals surface area contributed by atoms with Gasteiger partial charge >= 0.3 is 0 Å². The van der Waals surface area contributed by atoms with Gasteiger partial charge in [-0.15, -0.1) is 0 Å². The van der Waals surface area contributed by atoms with Gasteiger partial charge in [-0.3, -0.25) is 15.1 Å². The molecule has 1 saturated heterocycles. The van der Waals surface area contributed by atoms with Crippen molar-refractivity contribution in [1.82, 2.24) is 4.90 Å². The summed E-state index contributed by atoms with van der Waals surface area (Å²) < 4.78 is 26.6. The van der Waals surface area contributed by atoms with Gasteiger partial charge in [-0.2, -0.15) is 0 Å². The number of hydrogen-bond acceptors (Lipinski definition) is 3. The highest BCUT2D eigenvalue weighted by Gasteiger charge is 2.52. The minimum atomic E-state index is -2.99. The Hall–Kier alpha value is -2.21. The number of alkyl halides is 2. The first-order chi connectivity index (χ1) is 16.5. The third-order valence-electron chi connectivity index (χ3n) is 8.41. The fourth-order valence-corrected chi connectivity index (χ4v) is 5.75. The Balaban J connectivity index is 0.000000196. The van der Waals surface area contributed by atoms with E-state index >= 15 is 0 Å². The lowest BCUT2D eigenvalue weighted by Gasteiger charge is -2.46. The number of carbonyl (C=O) groups is 1. The molecule has 1 spiro atoms. The van der Waals surface area contributed by atoms with E-state index in [1.54, 1.807) is 23.3 Å². The Morgan fingerprint density at radius 1 is 1.06 bits per heavy atom. The Kier molecular flexibility index (Phi) is 8.39. The van der Waals surface area contributed by atoms with Crippen LogP contribution in [-0.2, 0) is 0 Å². The average molecular weight is 499 g/mol. The van der Waals surface area contributed by atoms with Crippen molar-refractivity contribution in [2.24, 2.45) is 10.4 Å². The summed E-state index contributed by atoms with van der Waals surface area (Å²) in [6.45, 7) is 9.27. The van der Waals surface area contributed by atoms with Gasteiger partial charge in [-0.25, -0.2) is 13.8 Å². The number of carbonyl (C=O) groups excluding carboxylic acids is 1. The molecule has 1 aromatic carbocycles. The molecule has 197 valence electrons. The zero-order valence-corrected chi connectivity index (χ0v) is 21.5. The molecule has 1 N–H and O–H groups in total. The van der Waals surface area contributed by atoms with Crippen LogP contribution in [0.25, 0.3) is 0 Å². The molecule has 0 bridgehead atoms. The maximum atomic E-state index is 13.3. The van der Waals surface area contributed by atoms with Gasteiger partial charge in [-0.1, -0.05) is 63.1 Å². The van der Waals surface area contributed by atoms with E-state index in [1.165, 1.54) is 90.9 Å². The van der Waals surface area contributed by atoms with E-state index in [2.05, 4.69) is 23.2 Å². The Labute approximate surface area is 215 Å². The lowest BCUT2D eigenvalue weighted by molar-refractivity contribution is 0.0399. The zero-order chi connectivity index (χ0) is 25.4. The van der Waals surface area contributed by atoms with Gasteiger partial charge < -0.3 is 0 Å². The van der Waals surface area contributed by atoms with Crippen LogP contribution < -0.4 is 0 Å². The first-order valence-corrected chi connectivity index (χ1v) is 12.9. The van der Waals surface area contributed by atoms with Crippen molar-refractivity contribution < 1.29 is 13.6 Å². The maximum Gasteiger partial charge on any atom is 0.285 e. The molecular formula is C30H42F2N3O. The van der Waals surface area contributed by atoms with Crippen molar-refractivity contribution in [3.63, 3.8) is 0 Å². The first kappa shape index (κ1) is 28.4. The van der Waals surface area contributed by atoms with E-state index in [-0.39, 0.29) is 31.2 Å². The quantitative estimate of drug-likeness (QED) is 0.248. The fourth-order valence-electron chi connectivity index (χ4n) is 5.75. The predicted octanol–water partition coefficient (Wildman–Crippen LogP) is 7.68. The van der Waals surface area contributed by atoms with Crippen LogP contribution in [0.5, 0.6) is 0 Å². The minimum absolute atomic E-state index is 0. The summed E-state index contributed by atoms with van der Waals surface area (Å²) in [6, 6.07) is 6.16. The van der Waals surface area contributed by atoms with E-state index in [4.69, 9.17) is 5.41 Å². The smallest absolute Gasteiger partial charge is 0.285 e. The van der Waals surface area contributed by atoms with Crippen LogP contribution in [-0.4, -0.2) is 46.8 Å². The van der Waals surface area contributed by atoms with E-state index in [1.807, 2.05) is 0 Å². The van der Waals surface area contributed by atoms with Crippen molar-refractivity contribution in [2.75, 3.05) is 13.1 Å². The summed E-state index contributed by atoms with van der Waals surface area (Å²) in [5, 5.41) is 7.69. The molecular weight excluding hydrogens is 456 g/mol. The molecule has 3 aliphatic carbocycles. The maximum absolute atomic E-state index is 13.3. The standard InChI is InChI=1S/C15H22N.C14H16F2N2O.CH4/c1-14(4-2-5-14)11-16-7-3-6-15(16)9-12-8-13(12)10-15;1-4-14(15,16)10(3)18-13(17)12-7-5-11(6-8-12)9(2)19;/h8H,2-7,9-11H2,1H3;5-8,17H,4H2,1-3H3;1H4. The fraction of sp³-hybridized carbons (Fsp3) is 0.600. The Bertz CT molecular complexity index is 1040. The topological polar surface area (TPSA) is 56.5 Å². The number of rotatable bonds is 6. The lowest BCUT2D eigenvalue weighted by atomic mass is 9.69. The van der Waals surface area contributed by atoms with Crippen LogP contribution in [0.15, 0.2) is 40.4 Å². The van der Waals surface area contributed by atoms with Crippen molar-refractivity contribution in [3.8, 4) is 0 Å². The number of Topliss-reactive ketones (excluding diaryl/α,β-unsaturated/α-hetero) is 1. The van der Waals surface area contributed by atoms with Crippen LogP contribution in [0.2, 0.25) is 0 Å². The molecule has 4 aliphatic rings. The number of nitrogens with one attached hydrogen (secondary N) is 1. The molecule has 0 atom stereocenters. The molecule has 1 radical (unpaired) electrons. The number of benzene rings is 1. The summed E-state index contributed by atoms with van der Waals surface area (Å²) in [7, 11) is 0. The average Bonchev–Trinajstić information content (AvgIpc) is 3.26. The number of aliphatic imine (C=N–C) groups is 1. The molecule has 1 aromatic rings. The molecule has 1 aliphatic heterocycles. The second kappa shape index (κ2) is 10.6. The van der Waals surface area contributed by atoms with E-state index in [9.17, 15) is 13.6 Å². The highest BCUT2D eigenvalue weighted by atomic mass is 19.3. The van der Waals surface area contributed by atoms with Gasteiger partial charge in [-0.05, 0) is 64.3 Å². The highest BCUT2D eigenvalue weighted by molar-refractivity contribution is 6.07. The molecule has 5 rings (SSSR count). The molecule has 1 saturated carbocycles. The monoisotopic (exact) mass is 498 g/mol. The van der Waals surface area contributed by atoms with Crippen LogP contribution in [0.1, 0.15) is 102 Å². The first-order valence-electron chi connectivity index (χ1n) is 12.9. The van der Waals surface area contributed by atoms with E-state index in [0.717, 1.165) is 0 Å². The van der Waals surface area contributed by atoms with Gasteiger partial charge in [0.2, 0.25) is 0 Å². The second-order valence-electron chi connectivity index (χ2n) is 11.2. The SMILES string of the molecule is C.CC1(CN2CCCC23CC2=C([CH]2)C3)CCC1.CCC(F)(F)C(C)=NC(=N)c1ccc(C(C)=O)cc1. The highest BCUT2D eigenvalue weighted by Crippen LogP contribution is 2.56. The van der Waals surface area contributed by atoms with Gasteiger partial charge in [0.1, 0.15) is 0 Å². The third-order valence-corrected chi connectivity index (χ3v) is 8.41. The van der Waals surface area contributed by atoms with Gasteiger partial charge in [0.25, 0.3) is 5.92 Å². The molecule has 36 heavy (non-hydrogen) atoms. The molecule has 0 amide bonds. The van der Waals surface area contributed by atoms with Gasteiger partial charge in [0.15, 0.2) is 11.6 Å². The van der Waals surface area contributed by atoms with Crippen molar-refractivity contribution >= 4 is 17.3 Å². The Morgan fingerprint density at radius 3 is 2.14 bits per heavy atom. The largest absolute Gasteiger partial charge is 0.296 e. The number of amidine groups is 1. The van der Waals surface area contributed by atoms with Crippen LogP contribution >= 0.6 is 0 Å². The third kappa shape index (κ3) is 6.01. The van der Waals surface area contributed by atoms with Gasteiger partial charge in [0, 0.05) is 36.1 Å². The lowest BCUT2D eigenvalue weighted by Crippen LogP contribution is -2.49. The van der Waals surface area contributed by atoms with Gasteiger partial charge in [0.05, 0.1) is 5.71 Å². The van der Waals surface area contributed by atoms with E-state index < -0.39 is 5.92 Å². The Morgan fingerprint density at radius 2 is 1.64 bits per heavy atom. The summed E-state index contributed by atoms with van der Waals surface area (Å²) >= 11 is 0. The molecule has 2 fully saturated rings. The molecule has 6 heteroatoms. The molecule has 0 aromatic heterocycles. The number of nitrogens with zero attached hydrogens (tertiary/aromatic N) is 2. The second-order valence-corrected chi connectivity index (χ2v) is 11.2. The van der Waals surface area contributed by atoms with Crippen molar-refractivity contribution in [2.45, 2.75) is 97.9 Å². The summed E-state index contributed by atoms with van der Waals surface area (Å²) in [5.74, 6) is -3.32. The number of ketones is 1. The number of halogens is 2. The summed E-state index contributed by atoms with van der Waals surface area (Å²) in [5.41, 5.74) is 5.22. The van der Waals surface area contributed by atoms with Crippen molar-refractivity contribution in [3.05, 3.63) is 53.0 Å².